The van der Waals surface area contributed by atoms with Gasteiger partial charge in [-0.1, -0.05) is 19.9 Å². The highest BCUT2D eigenvalue weighted by molar-refractivity contribution is 5.92. The summed E-state index contributed by atoms with van der Waals surface area (Å²) >= 11 is 0. The van der Waals surface area contributed by atoms with Crippen molar-refractivity contribution in [3.63, 3.8) is 0 Å². The van der Waals surface area contributed by atoms with E-state index in [1.807, 2.05) is 30.3 Å². The zero-order valence-electron chi connectivity index (χ0n) is 10.8. The second-order valence-corrected chi connectivity index (χ2v) is 4.50. The third-order valence-corrected chi connectivity index (χ3v) is 2.79. The molecule has 18 heavy (non-hydrogen) atoms. The maximum absolute atomic E-state index is 11.2. The van der Waals surface area contributed by atoms with Gasteiger partial charge in [-0.15, -0.1) is 0 Å². The van der Waals surface area contributed by atoms with Crippen LogP contribution in [0.25, 0.3) is 10.9 Å². The lowest BCUT2D eigenvalue weighted by atomic mass is 10.1. The van der Waals surface area contributed by atoms with Crippen molar-refractivity contribution < 1.29 is 4.79 Å². The van der Waals surface area contributed by atoms with E-state index in [4.69, 9.17) is 0 Å². The monoisotopic (exact) mass is 243 g/mol. The maximum Gasteiger partial charge on any atom is 0.318 e. The third-order valence-electron chi connectivity index (χ3n) is 2.79. The number of benzene rings is 1. The molecule has 0 unspecified atom stereocenters. The predicted octanol–water partition coefficient (Wildman–Crippen LogP) is 3.11. The van der Waals surface area contributed by atoms with Crippen molar-refractivity contribution in [2.75, 3.05) is 12.4 Å². The van der Waals surface area contributed by atoms with Crippen molar-refractivity contribution in [1.29, 1.82) is 0 Å². The summed E-state index contributed by atoms with van der Waals surface area (Å²) in [6.45, 7) is 4.24. The number of nitrogens with zero attached hydrogens (tertiary/aromatic N) is 1. The average Bonchev–Trinajstić information content (AvgIpc) is 2.37. The molecule has 0 bridgehead atoms. The molecule has 94 valence electrons. The molecule has 0 saturated carbocycles. The number of anilines is 1. The minimum absolute atomic E-state index is 0.221. The number of aromatic nitrogens is 1. The normalized spacial score (nSPS) is 10.7. The summed E-state index contributed by atoms with van der Waals surface area (Å²) in [6, 6.07) is 9.53. The van der Waals surface area contributed by atoms with E-state index in [1.54, 1.807) is 7.05 Å². The lowest BCUT2D eigenvalue weighted by Gasteiger charge is -2.08. The topological polar surface area (TPSA) is 54.0 Å². The summed E-state index contributed by atoms with van der Waals surface area (Å²) in [5.74, 6) is 0.415. The molecule has 0 radical (unpaired) electrons. The zero-order valence-corrected chi connectivity index (χ0v) is 10.8. The fraction of sp³-hybridized carbons (Fsp3) is 0.286. The van der Waals surface area contributed by atoms with Gasteiger partial charge in [0.1, 0.15) is 0 Å². The molecule has 0 fully saturated rings. The number of amides is 2. The minimum Gasteiger partial charge on any atom is -0.341 e. The number of carbonyl (C=O) groups is 1. The summed E-state index contributed by atoms with van der Waals surface area (Å²) in [6.07, 6.45) is 0. The molecule has 1 heterocycles. The van der Waals surface area contributed by atoms with E-state index in [1.165, 1.54) is 0 Å². The van der Waals surface area contributed by atoms with Crippen LogP contribution in [0.1, 0.15) is 25.5 Å². The molecule has 0 atom stereocenters. The van der Waals surface area contributed by atoms with Gasteiger partial charge in [0.15, 0.2) is 0 Å². The standard InChI is InChI=1S/C14H17N3O/c1-9(2)12-6-4-10-8-11(16-14(18)15-3)5-7-13(10)17-12/h4-9H,1-3H3,(H2,15,16,18). The van der Waals surface area contributed by atoms with Crippen LogP contribution in [0, 0.1) is 0 Å². The fourth-order valence-electron chi connectivity index (χ4n) is 1.73. The van der Waals surface area contributed by atoms with E-state index in [9.17, 15) is 4.79 Å². The van der Waals surface area contributed by atoms with Gasteiger partial charge in [-0.05, 0) is 30.2 Å². The molecular weight excluding hydrogens is 226 g/mol. The van der Waals surface area contributed by atoms with Crippen LogP contribution < -0.4 is 10.6 Å². The first-order chi connectivity index (χ1) is 8.60. The van der Waals surface area contributed by atoms with Gasteiger partial charge in [-0.3, -0.25) is 4.98 Å². The van der Waals surface area contributed by atoms with Crippen LogP contribution in [0.5, 0.6) is 0 Å². The Bertz CT molecular complexity index is 578. The molecular formula is C14H17N3O. The first-order valence-corrected chi connectivity index (χ1v) is 5.99. The van der Waals surface area contributed by atoms with Gasteiger partial charge >= 0.3 is 6.03 Å². The fourth-order valence-corrected chi connectivity index (χ4v) is 1.73. The Morgan fingerprint density at radius 1 is 1.22 bits per heavy atom. The van der Waals surface area contributed by atoms with Crippen LogP contribution in [0.15, 0.2) is 30.3 Å². The quantitative estimate of drug-likeness (QED) is 0.851. The highest BCUT2D eigenvalue weighted by Gasteiger charge is 2.04. The first kappa shape index (κ1) is 12.4. The molecule has 4 heteroatoms. The molecule has 1 aromatic heterocycles. The Morgan fingerprint density at radius 2 is 2.00 bits per heavy atom. The smallest absolute Gasteiger partial charge is 0.318 e. The number of fused-ring (bicyclic) bond motifs is 1. The van der Waals surface area contributed by atoms with Gasteiger partial charge in [0, 0.05) is 23.8 Å². The number of urea groups is 1. The Morgan fingerprint density at radius 3 is 2.67 bits per heavy atom. The van der Waals surface area contributed by atoms with Crippen LogP contribution >= 0.6 is 0 Å². The van der Waals surface area contributed by atoms with Crippen LogP contribution in [0.3, 0.4) is 0 Å². The number of hydrogen-bond acceptors (Lipinski definition) is 2. The molecule has 2 aromatic rings. The Kier molecular flexibility index (Phi) is 3.46. The number of hydrogen-bond donors (Lipinski definition) is 2. The lowest BCUT2D eigenvalue weighted by Crippen LogP contribution is -2.24. The van der Waals surface area contributed by atoms with Crippen molar-refractivity contribution in [2.45, 2.75) is 19.8 Å². The van der Waals surface area contributed by atoms with Gasteiger partial charge in [-0.25, -0.2) is 4.79 Å². The largest absolute Gasteiger partial charge is 0.341 e. The summed E-state index contributed by atoms with van der Waals surface area (Å²) in [7, 11) is 1.59. The van der Waals surface area contributed by atoms with E-state index in [-0.39, 0.29) is 6.03 Å². The molecule has 0 aliphatic heterocycles. The van der Waals surface area contributed by atoms with Crippen LogP contribution in [0.2, 0.25) is 0 Å². The highest BCUT2D eigenvalue weighted by Crippen LogP contribution is 2.20. The van der Waals surface area contributed by atoms with Gasteiger partial charge in [-0.2, -0.15) is 0 Å². The van der Waals surface area contributed by atoms with Gasteiger partial charge in [0.2, 0.25) is 0 Å². The van der Waals surface area contributed by atoms with E-state index >= 15 is 0 Å². The second-order valence-electron chi connectivity index (χ2n) is 4.50. The van der Waals surface area contributed by atoms with E-state index in [0.717, 1.165) is 22.3 Å². The molecule has 2 amide bonds. The Labute approximate surface area is 106 Å². The number of pyridine rings is 1. The van der Waals surface area contributed by atoms with E-state index in [2.05, 4.69) is 29.5 Å². The summed E-state index contributed by atoms with van der Waals surface area (Å²) in [5.41, 5.74) is 2.79. The van der Waals surface area contributed by atoms with Crippen LogP contribution in [-0.4, -0.2) is 18.1 Å². The molecule has 2 N–H and O–H groups in total. The van der Waals surface area contributed by atoms with Crippen molar-refractivity contribution in [3.05, 3.63) is 36.0 Å². The summed E-state index contributed by atoms with van der Waals surface area (Å²) < 4.78 is 0. The summed E-state index contributed by atoms with van der Waals surface area (Å²) in [4.78, 5) is 15.8. The molecule has 0 aliphatic carbocycles. The second kappa shape index (κ2) is 5.04. The Hall–Kier alpha value is -2.10. The number of nitrogens with one attached hydrogen (secondary N) is 2. The van der Waals surface area contributed by atoms with Gasteiger partial charge in [0.25, 0.3) is 0 Å². The number of rotatable bonds is 2. The SMILES string of the molecule is CNC(=O)Nc1ccc2nc(C(C)C)ccc2c1. The summed E-state index contributed by atoms with van der Waals surface area (Å²) in [5, 5.41) is 6.28. The molecule has 0 aliphatic rings. The molecule has 4 nitrogen and oxygen atoms in total. The van der Waals surface area contributed by atoms with Gasteiger partial charge in [0.05, 0.1) is 5.52 Å². The van der Waals surface area contributed by atoms with Crippen LogP contribution in [0.4, 0.5) is 10.5 Å². The zero-order chi connectivity index (χ0) is 13.1. The third kappa shape index (κ3) is 2.59. The van der Waals surface area contributed by atoms with Crippen molar-refractivity contribution >= 4 is 22.6 Å². The minimum atomic E-state index is -0.221. The number of carbonyl (C=O) groups excluding carboxylic acids is 1. The van der Waals surface area contributed by atoms with Crippen molar-refractivity contribution in [3.8, 4) is 0 Å². The maximum atomic E-state index is 11.2. The Balaban J connectivity index is 2.35. The molecule has 2 rings (SSSR count). The lowest BCUT2D eigenvalue weighted by molar-refractivity contribution is 0.254. The highest BCUT2D eigenvalue weighted by atomic mass is 16.2. The average molecular weight is 243 g/mol. The van der Waals surface area contributed by atoms with Gasteiger partial charge < -0.3 is 10.6 Å². The molecule has 0 spiro atoms. The predicted molar refractivity (Wildman–Crippen MR) is 73.9 cm³/mol. The first-order valence-electron chi connectivity index (χ1n) is 5.99. The van der Waals surface area contributed by atoms with Crippen LogP contribution in [-0.2, 0) is 0 Å². The van der Waals surface area contributed by atoms with E-state index in [0.29, 0.717) is 5.92 Å². The van der Waals surface area contributed by atoms with E-state index < -0.39 is 0 Å². The van der Waals surface area contributed by atoms with Crippen molar-refractivity contribution in [2.24, 2.45) is 0 Å². The molecule has 1 aromatic carbocycles. The van der Waals surface area contributed by atoms with Crippen molar-refractivity contribution in [1.82, 2.24) is 10.3 Å². The molecule has 0 saturated heterocycles.